The highest BCUT2D eigenvalue weighted by Gasteiger charge is 2.10. The van der Waals surface area contributed by atoms with Crippen LogP contribution in [0.1, 0.15) is 11.1 Å². The van der Waals surface area contributed by atoms with Gasteiger partial charge in [0.1, 0.15) is 5.52 Å². The van der Waals surface area contributed by atoms with Crippen molar-refractivity contribution in [2.24, 2.45) is 7.05 Å². The third-order valence-corrected chi connectivity index (χ3v) is 4.28. The molecule has 1 N–H and O–H groups in total. The van der Waals surface area contributed by atoms with Crippen LogP contribution in [-0.4, -0.2) is 14.8 Å². The SMILES string of the molecule is Cn1ncc2[nH]c3ccc(Cc4cccc(Cl)c4)cc3c(=O)c21. The highest BCUT2D eigenvalue weighted by atomic mass is 35.5. The van der Waals surface area contributed by atoms with Gasteiger partial charge in [-0.2, -0.15) is 5.10 Å². The van der Waals surface area contributed by atoms with Crippen LogP contribution < -0.4 is 5.43 Å². The molecule has 0 aliphatic heterocycles. The van der Waals surface area contributed by atoms with Gasteiger partial charge in [0.2, 0.25) is 5.43 Å². The van der Waals surface area contributed by atoms with Gasteiger partial charge in [0.25, 0.3) is 0 Å². The van der Waals surface area contributed by atoms with Crippen LogP contribution in [-0.2, 0) is 13.5 Å². The van der Waals surface area contributed by atoms with E-state index in [1.54, 1.807) is 17.9 Å². The Kier molecular flexibility index (Phi) is 3.20. The van der Waals surface area contributed by atoms with Crippen LogP contribution in [0.5, 0.6) is 0 Å². The second-order valence-corrected chi connectivity index (χ2v) is 6.11. The Balaban J connectivity index is 1.86. The highest BCUT2D eigenvalue weighted by Crippen LogP contribution is 2.19. The molecule has 4 aromatic rings. The zero-order valence-electron chi connectivity index (χ0n) is 12.5. The minimum atomic E-state index is 0.00157. The first kappa shape index (κ1) is 14.0. The van der Waals surface area contributed by atoms with Crippen molar-refractivity contribution in [2.75, 3.05) is 0 Å². The fourth-order valence-electron chi connectivity index (χ4n) is 2.95. The quantitative estimate of drug-likeness (QED) is 0.612. The lowest BCUT2D eigenvalue weighted by Gasteiger charge is -2.05. The Morgan fingerprint density at radius 3 is 2.78 bits per heavy atom. The van der Waals surface area contributed by atoms with E-state index in [2.05, 4.69) is 10.1 Å². The number of hydrogen-bond donors (Lipinski definition) is 1. The fourth-order valence-corrected chi connectivity index (χ4v) is 3.16. The molecule has 0 aliphatic carbocycles. The molecule has 0 fully saturated rings. The molecule has 0 aliphatic rings. The van der Waals surface area contributed by atoms with Crippen LogP contribution in [0.4, 0.5) is 0 Å². The number of rotatable bonds is 2. The molecule has 114 valence electrons. The van der Waals surface area contributed by atoms with Crippen LogP contribution in [0, 0.1) is 0 Å². The summed E-state index contributed by atoms with van der Waals surface area (Å²) in [6, 6.07) is 13.7. The van der Waals surface area contributed by atoms with Crippen molar-refractivity contribution in [3.05, 3.63) is 75.0 Å². The number of aryl methyl sites for hydroxylation is 1. The van der Waals surface area contributed by atoms with Crippen LogP contribution in [0.15, 0.2) is 53.5 Å². The maximum Gasteiger partial charge on any atom is 0.215 e. The Morgan fingerprint density at radius 2 is 1.96 bits per heavy atom. The highest BCUT2D eigenvalue weighted by molar-refractivity contribution is 6.30. The number of aromatic amines is 1. The molecular weight excluding hydrogens is 310 g/mol. The van der Waals surface area contributed by atoms with Crippen LogP contribution >= 0.6 is 11.6 Å². The first-order valence-electron chi connectivity index (χ1n) is 7.33. The first-order valence-corrected chi connectivity index (χ1v) is 7.71. The van der Waals surface area contributed by atoms with E-state index < -0.39 is 0 Å². The number of pyridine rings is 1. The second-order valence-electron chi connectivity index (χ2n) is 5.67. The van der Waals surface area contributed by atoms with Gasteiger partial charge in [-0.25, -0.2) is 0 Å². The molecule has 2 heterocycles. The summed E-state index contributed by atoms with van der Waals surface area (Å²) in [5.74, 6) is 0. The molecule has 23 heavy (non-hydrogen) atoms. The van der Waals surface area contributed by atoms with E-state index in [9.17, 15) is 4.79 Å². The normalized spacial score (nSPS) is 11.4. The summed E-state index contributed by atoms with van der Waals surface area (Å²) in [5, 5.41) is 5.55. The van der Waals surface area contributed by atoms with Crippen LogP contribution in [0.3, 0.4) is 0 Å². The number of nitrogens with one attached hydrogen (secondary N) is 1. The number of halogens is 1. The van der Waals surface area contributed by atoms with Gasteiger partial charge in [0.15, 0.2) is 0 Å². The van der Waals surface area contributed by atoms with E-state index in [4.69, 9.17) is 11.6 Å². The molecule has 0 saturated carbocycles. The van der Waals surface area contributed by atoms with E-state index in [0.29, 0.717) is 10.9 Å². The maximum absolute atomic E-state index is 12.7. The molecular formula is C18H14ClN3O. The Hall–Kier alpha value is -2.59. The predicted molar refractivity (Wildman–Crippen MR) is 93.1 cm³/mol. The van der Waals surface area contributed by atoms with Gasteiger partial charge >= 0.3 is 0 Å². The third-order valence-electron chi connectivity index (χ3n) is 4.05. The summed E-state index contributed by atoms with van der Waals surface area (Å²) in [7, 11) is 1.78. The average Bonchev–Trinajstić information content (AvgIpc) is 2.89. The first-order chi connectivity index (χ1) is 11.1. The molecule has 2 aromatic carbocycles. The number of fused-ring (bicyclic) bond motifs is 2. The van der Waals surface area contributed by atoms with Crippen LogP contribution in [0.25, 0.3) is 21.9 Å². The molecule has 0 saturated heterocycles. The molecule has 0 atom stereocenters. The summed E-state index contributed by atoms with van der Waals surface area (Å²) in [6.45, 7) is 0. The minimum absolute atomic E-state index is 0.00157. The average molecular weight is 324 g/mol. The summed E-state index contributed by atoms with van der Waals surface area (Å²) in [5.41, 5.74) is 4.37. The summed E-state index contributed by atoms with van der Waals surface area (Å²) in [6.07, 6.45) is 2.41. The van der Waals surface area contributed by atoms with Crippen molar-refractivity contribution < 1.29 is 0 Å². The summed E-state index contributed by atoms with van der Waals surface area (Å²) < 4.78 is 1.61. The van der Waals surface area contributed by atoms with Crippen molar-refractivity contribution in [1.29, 1.82) is 0 Å². The molecule has 2 aromatic heterocycles. The van der Waals surface area contributed by atoms with E-state index in [1.165, 1.54) is 0 Å². The maximum atomic E-state index is 12.7. The molecule has 0 spiro atoms. The van der Waals surface area contributed by atoms with Crippen molar-refractivity contribution in [2.45, 2.75) is 6.42 Å². The fraction of sp³-hybridized carbons (Fsp3) is 0.111. The number of aromatic nitrogens is 3. The Bertz CT molecular complexity index is 1090. The number of nitrogens with zero attached hydrogens (tertiary/aromatic N) is 2. The largest absolute Gasteiger partial charge is 0.352 e. The standard InChI is InChI=1S/C18H14ClN3O/c1-22-17-16(10-20-22)21-15-6-5-12(9-14(15)18(17)23)7-11-3-2-4-13(19)8-11/h2-6,8-10H,7H2,1H3,(H,21,23). The zero-order chi connectivity index (χ0) is 16.0. The monoisotopic (exact) mass is 323 g/mol. The van der Waals surface area contributed by atoms with Crippen LogP contribution in [0.2, 0.25) is 5.02 Å². The van der Waals surface area contributed by atoms with Gasteiger partial charge in [-0.15, -0.1) is 0 Å². The molecule has 0 radical (unpaired) electrons. The topological polar surface area (TPSA) is 50.7 Å². The third kappa shape index (κ3) is 2.41. The van der Waals surface area contributed by atoms with Gasteiger partial charge < -0.3 is 4.98 Å². The Morgan fingerprint density at radius 1 is 1.13 bits per heavy atom. The van der Waals surface area contributed by atoms with Gasteiger partial charge in [-0.05, 0) is 41.8 Å². The van der Waals surface area contributed by atoms with E-state index in [0.717, 1.165) is 33.6 Å². The lowest BCUT2D eigenvalue weighted by molar-refractivity contribution is 0.795. The van der Waals surface area contributed by atoms with Crippen molar-refractivity contribution in [3.8, 4) is 0 Å². The van der Waals surface area contributed by atoms with E-state index in [1.807, 2.05) is 42.5 Å². The summed E-state index contributed by atoms with van der Waals surface area (Å²) in [4.78, 5) is 16.0. The molecule has 0 amide bonds. The van der Waals surface area contributed by atoms with Gasteiger partial charge in [0, 0.05) is 23.0 Å². The van der Waals surface area contributed by atoms with Crippen molar-refractivity contribution in [1.82, 2.24) is 14.8 Å². The predicted octanol–water partition coefficient (Wildman–Crippen LogP) is 3.66. The second kappa shape index (κ2) is 5.25. The molecule has 0 bridgehead atoms. The summed E-state index contributed by atoms with van der Waals surface area (Å²) >= 11 is 6.04. The zero-order valence-corrected chi connectivity index (χ0v) is 13.3. The molecule has 0 unspecified atom stereocenters. The smallest absolute Gasteiger partial charge is 0.215 e. The number of benzene rings is 2. The molecule has 4 nitrogen and oxygen atoms in total. The number of hydrogen-bond acceptors (Lipinski definition) is 2. The van der Waals surface area contributed by atoms with E-state index >= 15 is 0 Å². The lowest BCUT2D eigenvalue weighted by atomic mass is 10.0. The van der Waals surface area contributed by atoms with Gasteiger partial charge in [-0.1, -0.05) is 29.8 Å². The van der Waals surface area contributed by atoms with E-state index in [-0.39, 0.29) is 5.43 Å². The van der Waals surface area contributed by atoms with Gasteiger partial charge in [-0.3, -0.25) is 9.48 Å². The van der Waals surface area contributed by atoms with Crippen molar-refractivity contribution in [3.63, 3.8) is 0 Å². The lowest BCUT2D eigenvalue weighted by Crippen LogP contribution is -2.08. The Labute approximate surface area is 137 Å². The van der Waals surface area contributed by atoms with Gasteiger partial charge in [0.05, 0.1) is 11.7 Å². The van der Waals surface area contributed by atoms with Crippen molar-refractivity contribution >= 4 is 33.5 Å². The molecule has 5 heteroatoms. The molecule has 4 rings (SSSR count). The minimum Gasteiger partial charge on any atom is -0.352 e. The number of H-pyrrole nitrogens is 1.